The van der Waals surface area contributed by atoms with Crippen molar-refractivity contribution in [3.63, 3.8) is 0 Å². The zero-order valence-corrected chi connectivity index (χ0v) is 12.8. The van der Waals surface area contributed by atoms with E-state index in [1.807, 2.05) is 0 Å². The number of carbonyl (C=O) groups is 1. The Morgan fingerprint density at radius 2 is 2.16 bits per heavy atom. The zero-order valence-electron chi connectivity index (χ0n) is 11.9. The third kappa shape index (κ3) is 3.93. The first-order valence-corrected chi connectivity index (χ1v) is 7.64. The summed E-state index contributed by atoms with van der Waals surface area (Å²) in [6.07, 6.45) is 3.50. The lowest BCUT2D eigenvalue weighted by molar-refractivity contribution is -0.140. The molecule has 2 rings (SSSR count). The fourth-order valence-electron chi connectivity index (χ4n) is 2.19. The molecule has 0 saturated carbocycles. The molecule has 0 radical (unpaired) electrons. The quantitative estimate of drug-likeness (QED) is 0.796. The summed E-state index contributed by atoms with van der Waals surface area (Å²) in [5.74, 6) is -0.172. The summed E-state index contributed by atoms with van der Waals surface area (Å²) in [7, 11) is 1.42. The molecular formula is C14H22N2O2S. The van der Waals surface area contributed by atoms with Crippen molar-refractivity contribution in [1.82, 2.24) is 4.98 Å². The molecule has 0 aliphatic carbocycles. The second-order valence-electron chi connectivity index (χ2n) is 5.85. The Morgan fingerprint density at radius 1 is 1.47 bits per heavy atom. The minimum Gasteiger partial charge on any atom is -0.469 e. The fraction of sp³-hybridized carbons (Fsp3) is 0.714. The summed E-state index contributed by atoms with van der Waals surface area (Å²) in [6.45, 7) is 6.82. The van der Waals surface area contributed by atoms with Crippen molar-refractivity contribution in [2.45, 2.75) is 39.5 Å². The molecule has 0 unspecified atom stereocenters. The number of hydrogen-bond donors (Lipinski definition) is 0. The molecule has 0 atom stereocenters. The van der Waals surface area contributed by atoms with Gasteiger partial charge in [0.1, 0.15) is 0 Å². The standard InChI is InChI=1S/C14H22N2O2S/c1-14(2)6-8-16(9-7-14)13-15-11(10-19-13)4-5-12(17)18-3/h10H,4-9H2,1-3H3. The normalized spacial score (nSPS) is 18.4. The first-order valence-electron chi connectivity index (χ1n) is 6.76. The summed E-state index contributed by atoms with van der Waals surface area (Å²) in [6, 6.07) is 0. The molecule has 5 heteroatoms. The number of thiazole rings is 1. The van der Waals surface area contributed by atoms with Crippen LogP contribution in [0.5, 0.6) is 0 Å². The monoisotopic (exact) mass is 282 g/mol. The molecule has 0 spiro atoms. The number of nitrogens with zero attached hydrogens (tertiary/aromatic N) is 2. The van der Waals surface area contributed by atoms with Crippen LogP contribution in [0.3, 0.4) is 0 Å². The van der Waals surface area contributed by atoms with Crippen molar-refractivity contribution < 1.29 is 9.53 Å². The average Bonchev–Trinajstić information content (AvgIpc) is 2.84. The van der Waals surface area contributed by atoms with Gasteiger partial charge in [-0.2, -0.15) is 0 Å². The average molecular weight is 282 g/mol. The van der Waals surface area contributed by atoms with Crippen molar-refractivity contribution >= 4 is 22.4 Å². The predicted octanol–water partition coefficient (Wildman–Crippen LogP) is 2.88. The summed E-state index contributed by atoms with van der Waals surface area (Å²) in [4.78, 5) is 18.1. The van der Waals surface area contributed by atoms with Gasteiger partial charge < -0.3 is 9.64 Å². The number of rotatable bonds is 4. The van der Waals surface area contributed by atoms with Gasteiger partial charge in [0.05, 0.1) is 19.2 Å². The van der Waals surface area contributed by atoms with Gasteiger partial charge in [-0.3, -0.25) is 4.79 Å². The predicted molar refractivity (Wildman–Crippen MR) is 77.7 cm³/mol. The van der Waals surface area contributed by atoms with Gasteiger partial charge in [0.15, 0.2) is 5.13 Å². The van der Waals surface area contributed by atoms with Gasteiger partial charge in [0.2, 0.25) is 0 Å². The molecule has 1 aromatic rings. The van der Waals surface area contributed by atoms with E-state index in [0.717, 1.165) is 23.9 Å². The highest BCUT2D eigenvalue weighted by Gasteiger charge is 2.26. The maximum Gasteiger partial charge on any atom is 0.305 e. The Kier molecular flexibility index (Phi) is 4.45. The topological polar surface area (TPSA) is 42.4 Å². The smallest absolute Gasteiger partial charge is 0.305 e. The van der Waals surface area contributed by atoms with E-state index in [2.05, 4.69) is 33.8 Å². The van der Waals surface area contributed by atoms with Crippen LogP contribution in [-0.4, -0.2) is 31.2 Å². The van der Waals surface area contributed by atoms with E-state index in [9.17, 15) is 4.79 Å². The molecule has 0 aromatic carbocycles. The van der Waals surface area contributed by atoms with Crippen LogP contribution in [-0.2, 0) is 16.0 Å². The van der Waals surface area contributed by atoms with E-state index in [0.29, 0.717) is 18.3 Å². The molecule has 0 N–H and O–H groups in total. The summed E-state index contributed by atoms with van der Waals surface area (Å²) >= 11 is 1.68. The molecule has 4 nitrogen and oxygen atoms in total. The third-order valence-corrected chi connectivity index (χ3v) is 4.69. The Morgan fingerprint density at radius 3 is 2.79 bits per heavy atom. The minimum atomic E-state index is -0.172. The summed E-state index contributed by atoms with van der Waals surface area (Å²) in [5.41, 5.74) is 1.46. The molecule has 1 fully saturated rings. The Hall–Kier alpha value is -1.10. The maximum atomic E-state index is 11.1. The van der Waals surface area contributed by atoms with E-state index >= 15 is 0 Å². The van der Waals surface area contributed by atoms with Crippen LogP contribution in [0.4, 0.5) is 5.13 Å². The van der Waals surface area contributed by atoms with Gasteiger partial charge in [-0.15, -0.1) is 11.3 Å². The second kappa shape index (κ2) is 5.90. The lowest BCUT2D eigenvalue weighted by Gasteiger charge is -2.36. The van der Waals surface area contributed by atoms with Gasteiger partial charge in [-0.1, -0.05) is 13.8 Å². The Bertz CT molecular complexity index is 432. The highest BCUT2D eigenvalue weighted by molar-refractivity contribution is 7.13. The SMILES string of the molecule is COC(=O)CCc1csc(N2CCC(C)(C)CC2)n1. The first kappa shape index (κ1) is 14.3. The molecule has 1 aliphatic heterocycles. The zero-order chi connectivity index (χ0) is 13.9. The molecule has 1 aliphatic rings. The summed E-state index contributed by atoms with van der Waals surface area (Å²) in [5, 5.41) is 3.15. The van der Waals surface area contributed by atoms with Crippen LogP contribution in [0.25, 0.3) is 0 Å². The van der Waals surface area contributed by atoms with E-state index in [4.69, 9.17) is 0 Å². The van der Waals surface area contributed by atoms with Crippen LogP contribution in [0.15, 0.2) is 5.38 Å². The highest BCUT2D eigenvalue weighted by Crippen LogP contribution is 2.33. The van der Waals surface area contributed by atoms with Gasteiger partial charge >= 0.3 is 5.97 Å². The van der Waals surface area contributed by atoms with Crippen molar-refractivity contribution in [2.75, 3.05) is 25.1 Å². The van der Waals surface area contributed by atoms with Crippen LogP contribution in [0.1, 0.15) is 38.8 Å². The van der Waals surface area contributed by atoms with Crippen LogP contribution in [0, 0.1) is 5.41 Å². The Balaban J connectivity index is 1.89. The van der Waals surface area contributed by atoms with Crippen LogP contribution in [0.2, 0.25) is 0 Å². The van der Waals surface area contributed by atoms with E-state index in [1.165, 1.54) is 20.0 Å². The van der Waals surface area contributed by atoms with Crippen LogP contribution >= 0.6 is 11.3 Å². The molecule has 19 heavy (non-hydrogen) atoms. The number of piperidine rings is 1. The highest BCUT2D eigenvalue weighted by atomic mass is 32.1. The minimum absolute atomic E-state index is 0.172. The lowest BCUT2D eigenvalue weighted by Crippen LogP contribution is -2.37. The largest absolute Gasteiger partial charge is 0.469 e. The molecule has 1 saturated heterocycles. The number of ether oxygens (including phenoxy) is 1. The van der Waals surface area contributed by atoms with E-state index in [1.54, 1.807) is 11.3 Å². The lowest BCUT2D eigenvalue weighted by atomic mass is 9.83. The number of aromatic nitrogens is 1. The van der Waals surface area contributed by atoms with E-state index in [-0.39, 0.29) is 5.97 Å². The molecule has 0 amide bonds. The number of methoxy groups -OCH3 is 1. The van der Waals surface area contributed by atoms with Gasteiger partial charge in [0.25, 0.3) is 0 Å². The number of esters is 1. The van der Waals surface area contributed by atoms with Crippen molar-refractivity contribution in [3.8, 4) is 0 Å². The van der Waals surface area contributed by atoms with E-state index < -0.39 is 0 Å². The van der Waals surface area contributed by atoms with Gasteiger partial charge in [0, 0.05) is 24.9 Å². The number of anilines is 1. The molecular weight excluding hydrogens is 260 g/mol. The summed E-state index contributed by atoms with van der Waals surface area (Å²) < 4.78 is 4.64. The number of hydrogen-bond acceptors (Lipinski definition) is 5. The van der Waals surface area contributed by atoms with Crippen molar-refractivity contribution in [3.05, 3.63) is 11.1 Å². The molecule has 0 bridgehead atoms. The number of carbonyl (C=O) groups excluding carboxylic acids is 1. The molecule has 106 valence electrons. The second-order valence-corrected chi connectivity index (χ2v) is 6.69. The van der Waals surface area contributed by atoms with Gasteiger partial charge in [-0.25, -0.2) is 4.98 Å². The third-order valence-electron chi connectivity index (χ3n) is 3.74. The fourth-order valence-corrected chi connectivity index (χ4v) is 3.11. The van der Waals surface area contributed by atoms with Crippen molar-refractivity contribution in [2.24, 2.45) is 5.41 Å². The Labute approximate surface area is 118 Å². The van der Waals surface area contributed by atoms with Crippen LogP contribution < -0.4 is 4.90 Å². The first-order chi connectivity index (χ1) is 9.00. The van der Waals surface area contributed by atoms with Crippen molar-refractivity contribution in [1.29, 1.82) is 0 Å². The number of aryl methyl sites for hydroxylation is 1. The molecule has 2 heterocycles. The van der Waals surface area contributed by atoms with Gasteiger partial charge in [-0.05, 0) is 18.3 Å². The maximum absolute atomic E-state index is 11.1. The molecule has 1 aromatic heterocycles.